The van der Waals surface area contributed by atoms with E-state index in [1.807, 2.05) is 23.5 Å². The van der Waals surface area contributed by atoms with Crippen molar-refractivity contribution in [3.8, 4) is 79.2 Å². The lowest BCUT2D eigenvalue weighted by molar-refractivity contribution is 0.669. The summed E-state index contributed by atoms with van der Waals surface area (Å²) in [5.74, 6) is 1.82. The van der Waals surface area contributed by atoms with Crippen LogP contribution in [0.1, 0.15) is 0 Å². The average Bonchev–Trinajstić information content (AvgIpc) is 1.55. The number of aromatic nitrogens is 8. The van der Waals surface area contributed by atoms with Crippen molar-refractivity contribution < 1.29 is 8.83 Å². The number of thiophene rings is 1. The number of para-hydroxylation sites is 13. The van der Waals surface area contributed by atoms with Gasteiger partial charge in [0.25, 0.3) is 0 Å². The number of furan rings is 2. The summed E-state index contributed by atoms with van der Waals surface area (Å²) in [6.45, 7) is 0. The van der Waals surface area contributed by atoms with Gasteiger partial charge in [-0.25, -0.2) is 9.97 Å². The fourth-order valence-corrected chi connectivity index (χ4v) is 23.6. The normalized spacial score (nSPS) is 12.0. The topological polar surface area (TPSA) is 81.6 Å². The van der Waals surface area contributed by atoms with Crippen LogP contribution in [0.15, 0.2) is 494 Å². The molecule has 10 nitrogen and oxygen atoms in total. The van der Waals surface area contributed by atoms with Gasteiger partial charge in [0.1, 0.15) is 34.0 Å². The molecule has 0 bridgehead atoms. The van der Waals surface area contributed by atoms with Gasteiger partial charge in [-0.1, -0.05) is 285 Å². The minimum absolute atomic E-state index is 0.867. The highest BCUT2D eigenvalue weighted by Crippen LogP contribution is 2.46. The lowest BCUT2D eigenvalue weighted by Crippen LogP contribution is -1.98. The van der Waals surface area contributed by atoms with Gasteiger partial charge in [-0.2, -0.15) is 0 Å². The fraction of sp³-hybridized carbons (Fsp3) is 0. The monoisotopic (exact) mass is 1820 g/mol. The summed E-state index contributed by atoms with van der Waals surface area (Å²) in [7, 11) is 0. The van der Waals surface area contributed by atoms with Crippen LogP contribution in [-0.2, 0) is 0 Å². The first-order valence-corrected chi connectivity index (χ1v) is 48.7. The molecule has 0 radical (unpaired) electrons. The molecule has 11 heteroatoms. The Morgan fingerprint density at radius 3 is 0.929 bits per heavy atom. The van der Waals surface area contributed by atoms with Crippen LogP contribution >= 0.6 is 11.3 Å². The van der Waals surface area contributed by atoms with Crippen molar-refractivity contribution in [1.29, 1.82) is 0 Å². The molecule has 0 aliphatic rings. The van der Waals surface area contributed by atoms with Crippen molar-refractivity contribution >= 4 is 206 Å². The van der Waals surface area contributed by atoms with Gasteiger partial charge in [0.15, 0.2) is 0 Å². The zero-order valence-corrected chi connectivity index (χ0v) is 76.8. The van der Waals surface area contributed by atoms with E-state index in [0.717, 1.165) is 123 Å². The molecule has 0 spiro atoms. The minimum atomic E-state index is 0.867. The van der Waals surface area contributed by atoms with Crippen molar-refractivity contribution in [3.63, 3.8) is 0 Å². The molecule has 141 heavy (non-hydrogen) atoms. The summed E-state index contributed by atoms with van der Waals surface area (Å²) < 4.78 is 29.4. The Kier molecular flexibility index (Phi) is 18.1. The first kappa shape index (κ1) is 79.7. The van der Waals surface area contributed by atoms with E-state index in [2.05, 4.69) is 501 Å². The zero-order chi connectivity index (χ0) is 92.4. The van der Waals surface area contributed by atoms with E-state index >= 15 is 0 Å². The molecule has 0 saturated carbocycles. The Balaban J connectivity index is 0.000000102. The molecule has 31 rings (SSSR count). The largest absolute Gasteiger partial charge is 0.456 e. The van der Waals surface area contributed by atoms with Crippen LogP contribution in [0, 0.1) is 0 Å². The quantitative estimate of drug-likeness (QED) is 0.137. The maximum atomic E-state index is 6.40. The Morgan fingerprint density at radius 1 is 0.163 bits per heavy atom. The summed E-state index contributed by atoms with van der Waals surface area (Å²) in [5, 5.41) is 22.0. The van der Waals surface area contributed by atoms with E-state index in [-0.39, 0.29) is 0 Å². The lowest BCUT2D eigenvalue weighted by Gasteiger charge is -2.12. The molecule has 0 unspecified atom stereocenters. The van der Waals surface area contributed by atoms with Crippen LogP contribution in [0.2, 0.25) is 0 Å². The first-order valence-electron chi connectivity index (χ1n) is 47.9. The highest BCUT2D eigenvalue weighted by molar-refractivity contribution is 7.25. The molecule has 0 N–H and O–H groups in total. The van der Waals surface area contributed by atoms with Crippen molar-refractivity contribution in [1.82, 2.24) is 37.4 Å². The van der Waals surface area contributed by atoms with Gasteiger partial charge in [0, 0.05) is 146 Å². The number of fused-ring (bicyclic) bond motifs is 27. The summed E-state index contributed by atoms with van der Waals surface area (Å²) in [4.78, 5) is 10.5. The predicted molar refractivity (Wildman–Crippen MR) is 590 cm³/mol. The van der Waals surface area contributed by atoms with Crippen molar-refractivity contribution in [3.05, 3.63) is 485 Å². The SMILES string of the molecule is c1cc(-c2ccc3oc4ccc(-n5c6ccccc6c6ccccc65)cc4c3c2)nc(-n2c3ccccc3c3ccccc32)c1.c1cc(-c2ccc3sc4ccc(-n5c6ccccc6c6ccccc65)cc4c3c2)nc(-n2c3ccccc3c3ccccc32)c1.c1cc(-c2cccc(-n3c4ccccc4c4cc(-n5c6ccccc6c6ccccc65)ccc43)c2)cc(-c2cccc3c2oc2ccccc23)c1. The van der Waals surface area contributed by atoms with E-state index in [4.69, 9.17) is 18.8 Å². The molecule has 0 fully saturated rings. The Hall–Kier alpha value is -18.7. The number of hydrogen-bond donors (Lipinski definition) is 0. The van der Waals surface area contributed by atoms with Crippen LogP contribution < -0.4 is 0 Å². The summed E-state index contributed by atoms with van der Waals surface area (Å²) in [5.41, 5.74) is 31.1. The summed E-state index contributed by atoms with van der Waals surface area (Å²) in [6, 6.07) is 174. The number of hydrogen-bond acceptors (Lipinski definition) is 5. The fourth-order valence-electron chi connectivity index (χ4n) is 22.5. The number of rotatable bonds is 10. The summed E-state index contributed by atoms with van der Waals surface area (Å²) in [6.07, 6.45) is 0. The molecular weight excluding hydrogens is 1740 g/mol. The van der Waals surface area contributed by atoms with Gasteiger partial charge in [-0.05, 0) is 217 Å². The van der Waals surface area contributed by atoms with Crippen molar-refractivity contribution in [2.45, 2.75) is 0 Å². The van der Waals surface area contributed by atoms with Crippen LogP contribution in [0.5, 0.6) is 0 Å². The summed E-state index contributed by atoms with van der Waals surface area (Å²) >= 11 is 1.85. The average molecular weight is 1820 g/mol. The number of benzene rings is 20. The lowest BCUT2D eigenvalue weighted by atomic mass is 9.97. The van der Waals surface area contributed by atoms with Gasteiger partial charge in [0.2, 0.25) is 0 Å². The first-order chi connectivity index (χ1) is 69.9. The third-order valence-corrected chi connectivity index (χ3v) is 29.9. The molecule has 0 aliphatic carbocycles. The molecule has 20 aromatic carbocycles. The highest BCUT2D eigenvalue weighted by atomic mass is 32.1. The molecule has 11 aromatic heterocycles. The second kappa shape index (κ2) is 32.0. The molecule has 0 atom stereocenters. The molecular formula is C130H80N8O2S. The zero-order valence-electron chi connectivity index (χ0n) is 76.0. The van der Waals surface area contributed by atoms with Crippen molar-refractivity contribution in [2.75, 3.05) is 0 Å². The second-order valence-electron chi connectivity index (χ2n) is 36.6. The van der Waals surface area contributed by atoms with E-state index in [1.54, 1.807) is 0 Å². The highest BCUT2D eigenvalue weighted by Gasteiger charge is 2.24. The molecule has 11 heterocycles. The van der Waals surface area contributed by atoms with E-state index < -0.39 is 0 Å². The molecule has 31 aromatic rings. The predicted octanol–water partition coefficient (Wildman–Crippen LogP) is 35.3. The van der Waals surface area contributed by atoms with Gasteiger partial charge in [-0.3, -0.25) is 9.13 Å². The smallest absolute Gasteiger partial charge is 0.143 e. The standard InChI is InChI=1S/C48H30N2O.C41H25N3O.C41H25N3S/c1-5-22-43-37(16-1)38-17-2-6-23-44(38)50(43)35-26-27-46-42(30-35)39-18-3-7-24-45(39)49(46)34-15-10-13-32(29-34)31-12-9-14-33(28-31)36-20-11-21-41-40-19-4-8-25-47(40)51-48(36)41;2*1-5-15-35-28(10-1)29-11-2-6-16-36(29)43(35)27-21-23-40-33(25-27)32-24-26(20-22-39(32)45-40)34-14-9-19-41(42-34)44-37-17-7-3-12-30(37)31-13-4-8-18-38(31)44/h1-30H;2*1-25H. The Bertz CT molecular complexity index is 9960. The van der Waals surface area contributed by atoms with E-state index in [0.29, 0.717) is 0 Å². The van der Waals surface area contributed by atoms with Gasteiger partial charge in [0.05, 0.1) is 77.6 Å². The van der Waals surface area contributed by atoms with Crippen LogP contribution in [0.3, 0.4) is 0 Å². The van der Waals surface area contributed by atoms with Crippen LogP contribution in [-0.4, -0.2) is 37.4 Å². The van der Waals surface area contributed by atoms with Gasteiger partial charge < -0.3 is 27.1 Å². The molecule has 658 valence electrons. The second-order valence-corrected chi connectivity index (χ2v) is 37.6. The maximum Gasteiger partial charge on any atom is 0.143 e. The van der Waals surface area contributed by atoms with Gasteiger partial charge >= 0.3 is 0 Å². The molecule has 0 amide bonds. The van der Waals surface area contributed by atoms with Crippen molar-refractivity contribution in [2.24, 2.45) is 0 Å². The number of pyridine rings is 2. The third-order valence-electron chi connectivity index (χ3n) is 28.8. The van der Waals surface area contributed by atoms with Gasteiger partial charge in [-0.15, -0.1) is 11.3 Å². The maximum absolute atomic E-state index is 6.40. The van der Waals surface area contributed by atoms with Crippen LogP contribution in [0.4, 0.5) is 0 Å². The van der Waals surface area contributed by atoms with E-state index in [9.17, 15) is 0 Å². The Morgan fingerprint density at radius 2 is 0.461 bits per heavy atom. The number of nitrogens with zero attached hydrogens (tertiary/aromatic N) is 8. The minimum Gasteiger partial charge on any atom is -0.456 e. The van der Waals surface area contributed by atoms with E-state index in [1.165, 1.54) is 151 Å². The molecule has 0 saturated heterocycles. The van der Waals surface area contributed by atoms with Crippen LogP contribution in [0.25, 0.3) is 274 Å². The third kappa shape index (κ3) is 12.7. The molecule has 0 aliphatic heterocycles. The Labute approximate surface area is 811 Å².